The van der Waals surface area contributed by atoms with Gasteiger partial charge < -0.3 is 5.32 Å². The van der Waals surface area contributed by atoms with Gasteiger partial charge >= 0.3 is 0 Å². The third-order valence-electron chi connectivity index (χ3n) is 3.14. The lowest BCUT2D eigenvalue weighted by Gasteiger charge is -2.13. The molecule has 2 rings (SSSR count). The third kappa shape index (κ3) is 3.45. The molecule has 1 fully saturated rings. The summed E-state index contributed by atoms with van der Waals surface area (Å²) in [4.78, 5) is 11.2. The Bertz CT molecular complexity index is 613. The van der Waals surface area contributed by atoms with Crippen LogP contribution >= 0.6 is 10.7 Å². The van der Waals surface area contributed by atoms with E-state index in [0.717, 1.165) is 25.0 Å². The number of halogens is 2. The number of nitrogens with one attached hydrogen (secondary N) is 1. The van der Waals surface area contributed by atoms with E-state index >= 15 is 0 Å². The lowest BCUT2D eigenvalue weighted by Crippen LogP contribution is -2.34. The largest absolute Gasteiger partial charge is 0.349 e. The molecule has 1 unspecified atom stereocenters. The van der Waals surface area contributed by atoms with E-state index in [2.05, 4.69) is 5.32 Å². The van der Waals surface area contributed by atoms with Crippen LogP contribution in [0.4, 0.5) is 4.39 Å². The summed E-state index contributed by atoms with van der Waals surface area (Å²) in [5.41, 5.74) is 0.0770. The monoisotopic (exact) mass is 305 g/mol. The van der Waals surface area contributed by atoms with Crippen LogP contribution in [0.1, 0.15) is 30.1 Å². The molecule has 0 heterocycles. The van der Waals surface area contributed by atoms with Crippen molar-refractivity contribution in [2.45, 2.75) is 30.7 Å². The summed E-state index contributed by atoms with van der Waals surface area (Å²) in [6.07, 6.45) is 2.15. The summed E-state index contributed by atoms with van der Waals surface area (Å²) in [5.74, 6) is -0.927. The predicted octanol–water partition coefficient (Wildman–Crippen LogP) is 2.28. The first-order chi connectivity index (χ1) is 8.79. The van der Waals surface area contributed by atoms with E-state index in [9.17, 15) is 17.6 Å². The average molecular weight is 306 g/mol. The summed E-state index contributed by atoms with van der Waals surface area (Å²) in [6.45, 7) is 1.89. The molecule has 1 aromatic rings. The Morgan fingerprint density at radius 3 is 2.63 bits per heavy atom. The molecule has 0 spiro atoms. The molecule has 1 aromatic carbocycles. The zero-order valence-electron chi connectivity index (χ0n) is 10.2. The zero-order valence-corrected chi connectivity index (χ0v) is 11.8. The van der Waals surface area contributed by atoms with Crippen LogP contribution in [0, 0.1) is 11.7 Å². The van der Waals surface area contributed by atoms with Gasteiger partial charge in [-0.15, -0.1) is 0 Å². The summed E-state index contributed by atoms with van der Waals surface area (Å²) in [7, 11) is 0.902. The van der Waals surface area contributed by atoms with Gasteiger partial charge in [-0.25, -0.2) is 12.8 Å². The number of carbonyl (C=O) groups is 1. The normalized spacial score (nSPS) is 17.0. The minimum absolute atomic E-state index is 0.0219. The summed E-state index contributed by atoms with van der Waals surface area (Å²) < 4.78 is 35.7. The van der Waals surface area contributed by atoms with Crippen molar-refractivity contribution in [1.29, 1.82) is 0 Å². The molecule has 1 saturated carbocycles. The van der Waals surface area contributed by atoms with Gasteiger partial charge in [-0.3, -0.25) is 4.79 Å². The maximum Gasteiger partial charge on any atom is 0.264 e. The van der Waals surface area contributed by atoms with Crippen molar-refractivity contribution in [3.8, 4) is 0 Å². The molecule has 1 aliphatic rings. The van der Waals surface area contributed by atoms with Gasteiger partial charge in [0.15, 0.2) is 0 Å². The Labute approximate surface area is 115 Å². The van der Waals surface area contributed by atoms with Crippen LogP contribution in [0.2, 0.25) is 0 Å². The van der Waals surface area contributed by atoms with Gasteiger partial charge in [0.05, 0.1) is 0 Å². The molecule has 1 amide bonds. The number of amides is 1. The summed E-state index contributed by atoms with van der Waals surface area (Å²) >= 11 is 0. The van der Waals surface area contributed by atoms with Crippen LogP contribution in [-0.2, 0) is 9.05 Å². The van der Waals surface area contributed by atoms with Crippen LogP contribution in [-0.4, -0.2) is 20.4 Å². The van der Waals surface area contributed by atoms with Gasteiger partial charge in [-0.2, -0.15) is 0 Å². The van der Waals surface area contributed by atoms with E-state index in [1.807, 2.05) is 6.92 Å². The van der Waals surface area contributed by atoms with Gasteiger partial charge in [0.1, 0.15) is 10.7 Å². The predicted molar refractivity (Wildman–Crippen MR) is 69.1 cm³/mol. The highest BCUT2D eigenvalue weighted by atomic mass is 35.7. The third-order valence-corrected chi connectivity index (χ3v) is 4.48. The maximum absolute atomic E-state index is 13.3. The van der Waals surface area contributed by atoms with E-state index in [1.54, 1.807) is 0 Å². The second-order valence-corrected chi connectivity index (χ2v) is 7.22. The highest BCUT2D eigenvalue weighted by Gasteiger charge is 2.29. The number of rotatable bonds is 4. The van der Waals surface area contributed by atoms with Gasteiger partial charge in [0.25, 0.3) is 15.0 Å². The van der Waals surface area contributed by atoms with Crippen molar-refractivity contribution in [2.24, 2.45) is 5.92 Å². The quantitative estimate of drug-likeness (QED) is 0.868. The average Bonchev–Trinajstić information content (AvgIpc) is 3.11. The van der Waals surface area contributed by atoms with Crippen LogP contribution in [0.25, 0.3) is 0 Å². The Morgan fingerprint density at radius 1 is 1.47 bits per heavy atom. The molecular formula is C12H13ClFNO3S. The van der Waals surface area contributed by atoms with Crippen LogP contribution in [0.5, 0.6) is 0 Å². The lowest BCUT2D eigenvalue weighted by molar-refractivity contribution is 0.0935. The van der Waals surface area contributed by atoms with E-state index < -0.39 is 25.7 Å². The molecule has 4 nitrogen and oxygen atoms in total. The second kappa shape index (κ2) is 5.09. The Hall–Kier alpha value is -1.14. The van der Waals surface area contributed by atoms with Crippen molar-refractivity contribution in [3.05, 3.63) is 29.6 Å². The van der Waals surface area contributed by atoms with Crippen molar-refractivity contribution in [3.63, 3.8) is 0 Å². The first-order valence-electron chi connectivity index (χ1n) is 5.84. The number of carbonyl (C=O) groups excluding carboxylic acids is 1. The number of benzene rings is 1. The number of hydrogen-bond donors (Lipinski definition) is 1. The standard InChI is InChI=1S/C12H13ClFNO3S/c1-7(8-2-3-8)15-12(16)9-4-5-10(14)11(6-9)19(13,17)18/h4-8H,2-3H2,1H3,(H,15,16). The molecular weight excluding hydrogens is 293 g/mol. The molecule has 1 aliphatic carbocycles. The maximum atomic E-state index is 13.3. The van der Waals surface area contributed by atoms with Crippen LogP contribution in [0.3, 0.4) is 0 Å². The molecule has 7 heteroatoms. The van der Waals surface area contributed by atoms with Gasteiger partial charge in [-0.05, 0) is 43.9 Å². The van der Waals surface area contributed by atoms with Gasteiger partial charge in [0, 0.05) is 22.3 Å². The molecule has 19 heavy (non-hydrogen) atoms. The van der Waals surface area contributed by atoms with E-state index in [1.165, 1.54) is 6.07 Å². The Balaban J connectivity index is 2.22. The molecule has 0 saturated heterocycles. The molecule has 0 radical (unpaired) electrons. The molecule has 0 aromatic heterocycles. The van der Waals surface area contributed by atoms with Crippen molar-refractivity contribution >= 4 is 25.6 Å². The second-order valence-electron chi connectivity index (χ2n) is 4.68. The first-order valence-corrected chi connectivity index (χ1v) is 8.15. The van der Waals surface area contributed by atoms with E-state index in [-0.39, 0.29) is 11.6 Å². The zero-order chi connectivity index (χ0) is 14.2. The van der Waals surface area contributed by atoms with E-state index in [4.69, 9.17) is 10.7 Å². The first kappa shape index (κ1) is 14.3. The van der Waals surface area contributed by atoms with Gasteiger partial charge in [-0.1, -0.05) is 0 Å². The van der Waals surface area contributed by atoms with Crippen molar-refractivity contribution < 1.29 is 17.6 Å². The lowest BCUT2D eigenvalue weighted by atomic mass is 10.1. The minimum atomic E-state index is -4.20. The minimum Gasteiger partial charge on any atom is -0.349 e. The fraction of sp³-hybridized carbons (Fsp3) is 0.417. The van der Waals surface area contributed by atoms with Crippen LogP contribution in [0.15, 0.2) is 23.1 Å². The summed E-state index contributed by atoms with van der Waals surface area (Å²) in [5, 5.41) is 2.76. The fourth-order valence-electron chi connectivity index (χ4n) is 1.84. The van der Waals surface area contributed by atoms with Crippen molar-refractivity contribution in [1.82, 2.24) is 5.32 Å². The molecule has 104 valence electrons. The Kier molecular flexibility index (Phi) is 3.82. The van der Waals surface area contributed by atoms with Crippen LogP contribution < -0.4 is 5.32 Å². The molecule has 0 aliphatic heterocycles. The molecule has 1 atom stereocenters. The topological polar surface area (TPSA) is 63.2 Å². The van der Waals surface area contributed by atoms with Gasteiger partial charge in [0.2, 0.25) is 0 Å². The smallest absolute Gasteiger partial charge is 0.264 e. The Morgan fingerprint density at radius 2 is 2.11 bits per heavy atom. The molecule has 0 bridgehead atoms. The van der Waals surface area contributed by atoms with E-state index in [0.29, 0.717) is 5.92 Å². The SMILES string of the molecule is CC(NC(=O)c1ccc(F)c(S(=O)(=O)Cl)c1)C1CC1. The van der Waals surface area contributed by atoms with Crippen molar-refractivity contribution in [2.75, 3.05) is 0 Å². The highest BCUT2D eigenvalue weighted by Crippen LogP contribution is 2.32. The number of hydrogen-bond acceptors (Lipinski definition) is 3. The fourth-order valence-corrected chi connectivity index (χ4v) is 2.76. The summed E-state index contributed by atoms with van der Waals surface area (Å²) in [6, 6.07) is 3.13. The highest BCUT2D eigenvalue weighted by molar-refractivity contribution is 8.13. The molecule has 1 N–H and O–H groups in total.